The van der Waals surface area contributed by atoms with E-state index in [1.54, 1.807) is 19.9 Å². The van der Waals surface area contributed by atoms with E-state index in [0.717, 1.165) is 16.5 Å². The number of nitrogens with zero attached hydrogens (tertiary/aromatic N) is 1. The molecule has 7 heteroatoms. The van der Waals surface area contributed by atoms with Crippen LogP contribution in [-0.2, 0) is 32.0 Å². The van der Waals surface area contributed by atoms with Gasteiger partial charge in [-0.15, -0.1) is 12.3 Å². The van der Waals surface area contributed by atoms with Crippen molar-refractivity contribution in [1.29, 1.82) is 0 Å². The Morgan fingerprint density at radius 2 is 1.61 bits per heavy atom. The quantitative estimate of drug-likeness (QED) is 0.197. The number of hydrogen-bond acceptors (Lipinski definition) is 6. The number of carbonyl (C=O) groups is 2. The molecule has 4 aromatic rings. The topological polar surface area (TPSA) is 87.7 Å². The van der Waals surface area contributed by atoms with Crippen molar-refractivity contribution in [2.24, 2.45) is 5.41 Å². The van der Waals surface area contributed by atoms with Crippen LogP contribution in [0.3, 0.4) is 0 Å². The summed E-state index contributed by atoms with van der Waals surface area (Å²) in [6.07, 6.45) is 5.02. The molecule has 0 atom stereocenters. The third-order valence-corrected chi connectivity index (χ3v) is 6.13. The Kier molecular flexibility index (Phi) is 7.25. The van der Waals surface area contributed by atoms with Gasteiger partial charge in [0.15, 0.2) is 5.41 Å². The minimum Gasteiger partial charge on any atom is -0.465 e. The Balaban J connectivity index is 1.89. The van der Waals surface area contributed by atoms with Crippen molar-refractivity contribution in [3.63, 3.8) is 0 Å². The Morgan fingerprint density at radius 1 is 0.972 bits per heavy atom. The number of ether oxygens (including phenoxy) is 2. The molecular weight excluding hydrogens is 458 g/mol. The average molecular weight is 486 g/mol. The summed E-state index contributed by atoms with van der Waals surface area (Å²) in [6, 6.07) is 19.2. The maximum atomic E-state index is 13.4. The lowest BCUT2D eigenvalue weighted by Crippen LogP contribution is -2.44. The molecule has 0 radical (unpaired) electrons. The molecule has 2 aromatic carbocycles. The first-order valence-electron chi connectivity index (χ1n) is 11.8. The van der Waals surface area contributed by atoms with Gasteiger partial charge in [0.25, 0.3) is 0 Å². The highest BCUT2D eigenvalue weighted by Gasteiger charge is 2.49. The molecule has 36 heavy (non-hydrogen) atoms. The van der Waals surface area contributed by atoms with Crippen molar-refractivity contribution in [1.82, 2.24) is 4.57 Å². The van der Waals surface area contributed by atoms with E-state index in [0.29, 0.717) is 17.4 Å². The number of benzene rings is 2. The number of esters is 2. The first-order chi connectivity index (χ1) is 17.4. The summed E-state index contributed by atoms with van der Waals surface area (Å²) in [5.74, 6) is 0.920. The standard InChI is InChI=1S/C29H27NO6/c1-4-16-29(27(32)34-5-2,28(33)35-6-3)18-21-17-23-22-14-10-11-15-24(22)30(25(23)26(31)36-21)19-20-12-8-7-9-13-20/h1,7-15,17H,5-6,16,18-19H2,2-3H3. The zero-order valence-electron chi connectivity index (χ0n) is 20.3. The number of rotatable bonds is 9. The summed E-state index contributed by atoms with van der Waals surface area (Å²) in [4.78, 5) is 39.4. The van der Waals surface area contributed by atoms with Crippen molar-refractivity contribution < 1.29 is 23.5 Å². The van der Waals surface area contributed by atoms with Gasteiger partial charge in [0.2, 0.25) is 0 Å². The number of carbonyl (C=O) groups excluding carboxylic acids is 2. The summed E-state index contributed by atoms with van der Waals surface area (Å²) in [7, 11) is 0. The third kappa shape index (κ3) is 4.50. The van der Waals surface area contributed by atoms with Crippen LogP contribution >= 0.6 is 0 Å². The van der Waals surface area contributed by atoms with Crippen molar-refractivity contribution >= 4 is 33.7 Å². The Labute approximate surface area is 208 Å². The Morgan fingerprint density at radius 3 is 2.25 bits per heavy atom. The Hall–Kier alpha value is -4.31. The Bertz CT molecular complexity index is 1490. The van der Waals surface area contributed by atoms with Gasteiger partial charge in [-0.2, -0.15) is 0 Å². The maximum absolute atomic E-state index is 13.4. The maximum Gasteiger partial charge on any atom is 0.360 e. The highest BCUT2D eigenvalue weighted by atomic mass is 16.6. The van der Waals surface area contributed by atoms with Crippen LogP contribution in [0.2, 0.25) is 0 Å². The van der Waals surface area contributed by atoms with Crippen LogP contribution in [0.25, 0.3) is 21.8 Å². The lowest BCUT2D eigenvalue weighted by atomic mass is 9.80. The number of para-hydroxylation sites is 1. The molecule has 0 amide bonds. The number of fused-ring (bicyclic) bond motifs is 3. The fraction of sp³-hybridized carbons (Fsp3) is 0.276. The van der Waals surface area contributed by atoms with Crippen LogP contribution in [0.5, 0.6) is 0 Å². The second kappa shape index (κ2) is 10.5. The molecule has 0 aliphatic rings. The summed E-state index contributed by atoms with van der Waals surface area (Å²) >= 11 is 0. The van der Waals surface area contributed by atoms with Crippen LogP contribution in [-0.4, -0.2) is 29.7 Å². The van der Waals surface area contributed by atoms with Gasteiger partial charge in [0, 0.05) is 35.7 Å². The molecule has 184 valence electrons. The van der Waals surface area contributed by atoms with Gasteiger partial charge in [-0.3, -0.25) is 9.59 Å². The molecule has 0 spiro atoms. The fourth-order valence-corrected chi connectivity index (χ4v) is 4.52. The second-order valence-corrected chi connectivity index (χ2v) is 8.43. The van der Waals surface area contributed by atoms with Crippen LogP contribution in [0, 0.1) is 17.8 Å². The first-order valence-corrected chi connectivity index (χ1v) is 11.8. The third-order valence-electron chi connectivity index (χ3n) is 6.13. The van der Waals surface area contributed by atoms with E-state index in [1.807, 2.05) is 59.2 Å². The monoisotopic (exact) mass is 485 g/mol. The van der Waals surface area contributed by atoms with Gasteiger partial charge in [-0.05, 0) is 31.5 Å². The molecular formula is C29H27NO6. The van der Waals surface area contributed by atoms with Crippen LogP contribution < -0.4 is 5.63 Å². The number of hydrogen-bond donors (Lipinski definition) is 0. The fourth-order valence-electron chi connectivity index (χ4n) is 4.52. The van der Waals surface area contributed by atoms with Crippen LogP contribution in [0.1, 0.15) is 31.6 Å². The van der Waals surface area contributed by atoms with Crippen molar-refractivity contribution in [2.75, 3.05) is 13.2 Å². The molecule has 0 fully saturated rings. The molecule has 0 saturated heterocycles. The molecule has 0 bridgehead atoms. The van der Waals surface area contributed by atoms with Gasteiger partial charge in [-0.1, -0.05) is 48.5 Å². The summed E-state index contributed by atoms with van der Waals surface area (Å²) < 4.78 is 18.0. The van der Waals surface area contributed by atoms with E-state index in [9.17, 15) is 14.4 Å². The second-order valence-electron chi connectivity index (χ2n) is 8.43. The molecule has 0 unspecified atom stereocenters. The SMILES string of the molecule is C#CCC(Cc1cc2c3ccccc3n(Cc3ccccc3)c2c(=O)o1)(C(=O)OCC)C(=O)OCC. The molecule has 0 N–H and O–H groups in total. The minimum absolute atomic E-state index is 0.0561. The summed E-state index contributed by atoms with van der Waals surface area (Å²) in [5.41, 5.74) is -0.101. The van der Waals surface area contributed by atoms with Gasteiger partial charge in [-0.25, -0.2) is 4.79 Å². The van der Waals surface area contributed by atoms with E-state index >= 15 is 0 Å². The predicted octanol–water partition coefficient (Wildman–Crippen LogP) is 4.47. The number of terminal acetylenes is 1. The zero-order chi connectivity index (χ0) is 25.7. The van der Waals surface area contributed by atoms with Crippen LogP contribution in [0.15, 0.2) is 69.9 Å². The lowest BCUT2D eigenvalue weighted by molar-refractivity contribution is -0.172. The molecule has 2 heterocycles. The highest BCUT2D eigenvalue weighted by Crippen LogP contribution is 2.34. The molecule has 0 aliphatic heterocycles. The van der Waals surface area contributed by atoms with Gasteiger partial charge in [0.05, 0.1) is 13.2 Å². The molecule has 7 nitrogen and oxygen atoms in total. The van der Waals surface area contributed by atoms with Crippen LogP contribution in [0.4, 0.5) is 0 Å². The molecule has 4 rings (SSSR count). The average Bonchev–Trinajstić information content (AvgIpc) is 3.18. The predicted molar refractivity (Wildman–Crippen MR) is 136 cm³/mol. The van der Waals surface area contributed by atoms with Gasteiger partial charge >= 0.3 is 17.6 Å². The van der Waals surface area contributed by atoms with E-state index in [1.165, 1.54) is 0 Å². The van der Waals surface area contributed by atoms with Crippen molar-refractivity contribution in [3.05, 3.63) is 82.4 Å². The number of aromatic nitrogens is 1. The normalized spacial score (nSPS) is 11.4. The molecule has 0 saturated carbocycles. The van der Waals surface area contributed by atoms with Gasteiger partial charge < -0.3 is 18.5 Å². The summed E-state index contributed by atoms with van der Waals surface area (Å²) in [5, 5.41) is 1.52. The lowest BCUT2D eigenvalue weighted by Gasteiger charge is -2.26. The smallest absolute Gasteiger partial charge is 0.360 e. The molecule has 0 aliphatic carbocycles. The molecule has 2 aromatic heterocycles. The largest absolute Gasteiger partial charge is 0.465 e. The van der Waals surface area contributed by atoms with Crippen molar-refractivity contribution in [3.8, 4) is 12.3 Å². The highest BCUT2D eigenvalue weighted by molar-refractivity contribution is 6.08. The van der Waals surface area contributed by atoms with Crippen molar-refractivity contribution in [2.45, 2.75) is 33.2 Å². The minimum atomic E-state index is -1.83. The van der Waals surface area contributed by atoms with E-state index in [-0.39, 0.29) is 31.8 Å². The first kappa shape index (κ1) is 24.8. The zero-order valence-corrected chi connectivity index (χ0v) is 20.3. The van der Waals surface area contributed by atoms with E-state index in [4.69, 9.17) is 20.3 Å². The van der Waals surface area contributed by atoms with E-state index < -0.39 is 23.0 Å². The van der Waals surface area contributed by atoms with E-state index in [2.05, 4.69) is 5.92 Å². The van der Waals surface area contributed by atoms with Gasteiger partial charge in [0.1, 0.15) is 11.3 Å². The summed E-state index contributed by atoms with van der Waals surface area (Å²) in [6.45, 7) is 3.86.